The maximum Gasteiger partial charge on any atom is 0.335 e. The van der Waals surface area contributed by atoms with Gasteiger partial charge in [0.2, 0.25) is 0 Å². The molecule has 3 rings (SSSR count). The van der Waals surface area contributed by atoms with Gasteiger partial charge in [-0.3, -0.25) is 0 Å². The van der Waals surface area contributed by atoms with Gasteiger partial charge in [0.15, 0.2) is 0 Å². The van der Waals surface area contributed by atoms with Gasteiger partial charge in [0.25, 0.3) is 0 Å². The first kappa shape index (κ1) is 19.3. The van der Waals surface area contributed by atoms with E-state index >= 15 is 0 Å². The third kappa shape index (κ3) is 3.82. The summed E-state index contributed by atoms with van der Waals surface area (Å²) in [6, 6.07) is 27.4. The van der Waals surface area contributed by atoms with Gasteiger partial charge in [-0.1, -0.05) is 49.7 Å². The molecule has 1 N–H and O–H groups in total. The number of aromatic carboxylic acids is 1. The van der Waals surface area contributed by atoms with E-state index in [2.05, 4.69) is 73.7 Å². The van der Waals surface area contributed by atoms with E-state index in [1.165, 1.54) is 15.9 Å². The largest absolute Gasteiger partial charge is 0.478 e. The van der Waals surface area contributed by atoms with Gasteiger partial charge in [-0.25, -0.2) is 4.79 Å². The highest BCUT2D eigenvalue weighted by atomic mass is 31.2. The molecule has 0 aliphatic carbocycles. The Bertz CT molecular complexity index is 865. The lowest BCUT2D eigenvalue weighted by Crippen LogP contribution is -2.33. The fourth-order valence-corrected chi connectivity index (χ4v) is 8.28. The number of carbonyl (C=O) groups is 1. The molecule has 0 heterocycles. The summed E-state index contributed by atoms with van der Waals surface area (Å²) in [5.74, 6) is -0.865. The lowest BCUT2D eigenvalue weighted by Gasteiger charge is -2.28. The molecule has 0 saturated heterocycles. The van der Waals surface area contributed by atoms with Crippen LogP contribution < -0.4 is 15.9 Å². The zero-order chi connectivity index (χ0) is 19.3. The van der Waals surface area contributed by atoms with Crippen molar-refractivity contribution in [3.05, 3.63) is 90.0 Å². The van der Waals surface area contributed by atoms with Gasteiger partial charge >= 0.3 is 5.97 Å². The summed E-state index contributed by atoms with van der Waals surface area (Å²) < 4.78 is 0. The van der Waals surface area contributed by atoms with E-state index in [-0.39, 0.29) is 0 Å². The van der Waals surface area contributed by atoms with Crippen LogP contribution in [0.5, 0.6) is 0 Å². The smallest absolute Gasteiger partial charge is 0.335 e. The van der Waals surface area contributed by atoms with Gasteiger partial charge in [-0.15, -0.1) is 0 Å². The molecule has 0 saturated carbocycles. The molecule has 0 bridgehead atoms. The van der Waals surface area contributed by atoms with Gasteiger partial charge in [0.05, 0.1) is 11.7 Å². The number of benzene rings is 3. The highest BCUT2D eigenvalue weighted by molar-refractivity contribution is 7.95. The topological polar surface area (TPSA) is 37.3 Å². The SMILES string of the molecule is CCCC[P+](c1ccccc1)(c1ccccc1)c1ccc(C(=O)O)c(C)c1. The molecular weight excluding hydrogens is 351 g/mol. The summed E-state index contributed by atoms with van der Waals surface area (Å²) in [5.41, 5.74) is 1.21. The Hall–Kier alpha value is -2.44. The Morgan fingerprint density at radius 1 is 0.852 bits per heavy atom. The molecule has 0 aromatic heterocycles. The fraction of sp³-hybridized carbons (Fsp3) is 0.208. The van der Waals surface area contributed by atoms with Crippen molar-refractivity contribution in [3.8, 4) is 0 Å². The maximum absolute atomic E-state index is 11.5. The molecule has 0 atom stereocenters. The van der Waals surface area contributed by atoms with Crippen LogP contribution in [0.1, 0.15) is 35.7 Å². The standard InChI is InChI=1S/C24H25O2P/c1-3-4-17-27(20-11-7-5-8-12-20,21-13-9-6-10-14-21)22-15-16-23(24(25)26)19(2)18-22/h5-16,18H,3-4,17H2,1-2H3/p+1. The van der Waals surface area contributed by atoms with Crippen molar-refractivity contribution >= 4 is 29.1 Å². The fourth-order valence-electron chi connectivity index (χ4n) is 3.72. The first-order chi connectivity index (χ1) is 13.1. The Morgan fingerprint density at radius 3 is 1.85 bits per heavy atom. The summed E-state index contributed by atoms with van der Waals surface area (Å²) in [6.45, 7) is 4.13. The number of hydrogen-bond donors (Lipinski definition) is 1. The van der Waals surface area contributed by atoms with E-state index in [1.54, 1.807) is 6.07 Å². The number of aryl methyl sites for hydroxylation is 1. The van der Waals surface area contributed by atoms with E-state index in [0.29, 0.717) is 5.56 Å². The van der Waals surface area contributed by atoms with Crippen LogP contribution in [-0.2, 0) is 0 Å². The average Bonchev–Trinajstić information content (AvgIpc) is 2.70. The van der Waals surface area contributed by atoms with Crippen molar-refractivity contribution in [3.63, 3.8) is 0 Å². The number of carboxylic acids is 1. The predicted molar refractivity (Wildman–Crippen MR) is 117 cm³/mol. The first-order valence-corrected chi connectivity index (χ1v) is 11.4. The van der Waals surface area contributed by atoms with Crippen LogP contribution in [0.2, 0.25) is 0 Å². The molecule has 0 spiro atoms. The molecule has 27 heavy (non-hydrogen) atoms. The average molecular weight is 377 g/mol. The second-order valence-electron chi connectivity index (χ2n) is 6.86. The van der Waals surface area contributed by atoms with E-state index in [0.717, 1.165) is 24.6 Å². The third-order valence-electron chi connectivity index (χ3n) is 5.12. The maximum atomic E-state index is 11.5. The molecule has 0 unspecified atom stereocenters. The summed E-state index contributed by atoms with van der Waals surface area (Å²) in [5, 5.41) is 13.4. The summed E-state index contributed by atoms with van der Waals surface area (Å²) in [7, 11) is -1.84. The van der Waals surface area contributed by atoms with Crippen LogP contribution in [0.25, 0.3) is 0 Å². The zero-order valence-corrected chi connectivity index (χ0v) is 16.8. The molecule has 2 nitrogen and oxygen atoms in total. The Balaban J connectivity index is 2.29. The number of carboxylic acid groups (broad SMARTS) is 1. The minimum absolute atomic E-state index is 0.383. The number of unbranched alkanes of at least 4 members (excludes halogenated alkanes) is 1. The van der Waals surface area contributed by atoms with Crippen LogP contribution in [-0.4, -0.2) is 17.2 Å². The molecule has 0 radical (unpaired) electrons. The first-order valence-electron chi connectivity index (χ1n) is 9.43. The van der Waals surface area contributed by atoms with Crippen LogP contribution in [0.15, 0.2) is 78.9 Å². The second-order valence-corrected chi connectivity index (χ2v) is 10.5. The van der Waals surface area contributed by atoms with Gasteiger partial charge in [0.1, 0.15) is 23.2 Å². The Kier molecular flexibility index (Phi) is 6.08. The zero-order valence-electron chi connectivity index (χ0n) is 15.9. The molecule has 138 valence electrons. The molecule has 3 heteroatoms. The molecule has 3 aromatic rings. The predicted octanol–water partition coefficient (Wildman–Crippen LogP) is 4.79. The number of rotatable bonds is 7. The summed E-state index contributed by atoms with van der Waals surface area (Å²) >= 11 is 0. The highest BCUT2D eigenvalue weighted by Crippen LogP contribution is 2.56. The van der Waals surface area contributed by atoms with Gasteiger partial charge < -0.3 is 5.11 Å². The minimum Gasteiger partial charge on any atom is -0.478 e. The van der Waals surface area contributed by atoms with Gasteiger partial charge in [-0.2, -0.15) is 0 Å². The summed E-state index contributed by atoms with van der Waals surface area (Å²) in [6.07, 6.45) is 3.36. The second kappa shape index (κ2) is 8.50. The molecule has 0 fully saturated rings. The van der Waals surface area contributed by atoms with Crippen molar-refractivity contribution < 1.29 is 9.90 Å². The molecular formula is C24H26O2P+. The van der Waals surface area contributed by atoms with E-state index in [4.69, 9.17) is 0 Å². The van der Waals surface area contributed by atoms with Crippen molar-refractivity contribution in [1.82, 2.24) is 0 Å². The third-order valence-corrected chi connectivity index (χ3v) is 9.63. The Morgan fingerprint density at radius 2 is 1.41 bits per heavy atom. The molecule has 3 aromatic carbocycles. The molecule has 0 amide bonds. The Labute approximate surface area is 162 Å². The molecule has 0 aliphatic rings. The van der Waals surface area contributed by atoms with Crippen LogP contribution in [0.3, 0.4) is 0 Å². The van der Waals surface area contributed by atoms with Gasteiger partial charge in [0, 0.05) is 0 Å². The van der Waals surface area contributed by atoms with Crippen molar-refractivity contribution in [2.24, 2.45) is 0 Å². The van der Waals surface area contributed by atoms with Crippen LogP contribution >= 0.6 is 7.26 Å². The summed E-state index contributed by atoms with van der Waals surface area (Å²) in [4.78, 5) is 11.5. The van der Waals surface area contributed by atoms with Crippen molar-refractivity contribution in [1.29, 1.82) is 0 Å². The lowest BCUT2D eigenvalue weighted by atomic mass is 10.1. The van der Waals surface area contributed by atoms with E-state index in [1.807, 2.05) is 13.0 Å². The molecule has 0 aliphatic heterocycles. The van der Waals surface area contributed by atoms with E-state index in [9.17, 15) is 9.90 Å². The minimum atomic E-state index is -1.84. The van der Waals surface area contributed by atoms with Crippen molar-refractivity contribution in [2.75, 3.05) is 6.16 Å². The normalized spacial score (nSPS) is 11.3. The monoisotopic (exact) mass is 377 g/mol. The number of hydrogen-bond acceptors (Lipinski definition) is 1. The lowest BCUT2D eigenvalue weighted by molar-refractivity contribution is 0.0696. The van der Waals surface area contributed by atoms with Gasteiger partial charge in [-0.05, 0) is 61.4 Å². The van der Waals surface area contributed by atoms with Crippen LogP contribution in [0, 0.1) is 6.92 Å². The quantitative estimate of drug-likeness (QED) is 0.601. The van der Waals surface area contributed by atoms with Crippen molar-refractivity contribution in [2.45, 2.75) is 26.7 Å². The van der Waals surface area contributed by atoms with Crippen LogP contribution in [0.4, 0.5) is 0 Å². The highest BCUT2D eigenvalue weighted by Gasteiger charge is 2.44. The van der Waals surface area contributed by atoms with E-state index < -0.39 is 13.2 Å².